The van der Waals surface area contributed by atoms with Crippen molar-refractivity contribution >= 4 is 0 Å². The molecule has 1 aliphatic rings. The van der Waals surface area contributed by atoms with Gasteiger partial charge in [-0.15, -0.1) is 0 Å². The normalized spacial score (nSPS) is 19.7. The highest BCUT2D eigenvalue weighted by atomic mass is 19.4. The number of unbranched alkanes of at least 4 members (excludes halogenated alkanes) is 2. The van der Waals surface area contributed by atoms with Crippen molar-refractivity contribution in [3.8, 4) is 11.1 Å². The van der Waals surface area contributed by atoms with E-state index in [0.29, 0.717) is 12.3 Å². The summed E-state index contributed by atoms with van der Waals surface area (Å²) in [5.74, 6) is 1.43. The van der Waals surface area contributed by atoms with Crippen molar-refractivity contribution in [2.45, 2.75) is 89.6 Å². The van der Waals surface area contributed by atoms with Gasteiger partial charge in [0.2, 0.25) is 0 Å². The molecule has 30 heavy (non-hydrogen) atoms. The maximum absolute atomic E-state index is 12.4. The van der Waals surface area contributed by atoms with Gasteiger partial charge in [-0.25, -0.2) is 0 Å². The molecule has 0 saturated heterocycles. The molecule has 0 bridgehead atoms. The number of hydrogen-bond acceptors (Lipinski definition) is 0. The van der Waals surface area contributed by atoms with Crippen molar-refractivity contribution in [1.29, 1.82) is 0 Å². The Hall–Kier alpha value is -1.77. The van der Waals surface area contributed by atoms with E-state index in [1.54, 1.807) is 0 Å². The first-order chi connectivity index (χ1) is 14.5. The predicted octanol–water partition coefficient (Wildman–Crippen LogP) is 9.09. The summed E-state index contributed by atoms with van der Waals surface area (Å²) in [5.41, 5.74) is 5.12. The molecule has 0 heterocycles. The maximum atomic E-state index is 12.4. The largest absolute Gasteiger partial charge is 0.389 e. The summed E-state index contributed by atoms with van der Waals surface area (Å²) >= 11 is 0. The Balaban J connectivity index is 1.73. The summed E-state index contributed by atoms with van der Waals surface area (Å²) in [5, 5.41) is 0. The Morgan fingerprint density at radius 2 is 1.60 bits per heavy atom. The van der Waals surface area contributed by atoms with Gasteiger partial charge in [-0.2, -0.15) is 13.2 Å². The van der Waals surface area contributed by atoms with Crippen LogP contribution in [0.1, 0.15) is 88.2 Å². The third-order valence-electron chi connectivity index (χ3n) is 6.63. The SMILES string of the molecule is CCCCC1CCC(c2cc(CCCCC(F)(F)F)ccc2-c2ccccc2)CC1. The van der Waals surface area contributed by atoms with Crippen LogP contribution in [0.5, 0.6) is 0 Å². The number of rotatable bonds is 9. The maximum Gasteiger partial charge on any atom is 0.389 e. The Labute approximate surface area is 179 Å². The summed E-state index contributed by atoms with van der Waals surface area (Å²) in [4.78, 5) is 0. The number of benzene rings is 2. The molecule has 0 N–H and O–H groups in total. The molecule has 0 spiro atoms. The molecule has 3 heteroatoms. The van der Waals surface area contributed by atoms with Crippen molar-refractivity contribution < 1.29 is 13.2 Å². The first-order valence-corrected chi connectivity index (χ1v) is 11.7. The monoisotopic (exact) mass is 416 g/mol. The predicted molar refractivity (Wildman–Crippen MR) is 120 cm³/mol. The second-order valence-electron chi connectivity index (χ2n) is 8.97. The number of hydrogen-bond donors (Lipinski definition) is 0. The second kappa shape index (κ2) is 11.0. The van der Waals surface area contributed by atoms with Crippen LogP contribution in [0.15, 0.2) is 48.5 Å². The van der Waals surface area contributed by atoms with Crippen LogP contribution in [0, 0.1) is 5.92 Å². The zero-order valence-electron chi connectivity index (χ0n) is 18.2. The molecular weight excluding hydrogens is 381 g/mol. The van der Waals surface area contributed by atoms with Gasteiger partial charge in [-0.05, 0) is 79.0 Å². The number of aryl methyl sites for hydroxylation is 1. The molecule has 0 aliphatic heterocycles. The Morgan fingerprint density at radius 3 is 2.27 bits per heavy atom. The van der Waals surface area contributed by atoms with E-state index in [1.165, 1.54) is 67.2 Å². The van der Waals surface area contributed by atoms with Crippen molar-refractivity contribution in [2.24, 2.45) is 5.92 Å². The van der Waals surface area contributed by atoms with Crippen LogP contribution in [0.4, 0.5) is 13.2 Å². The Kier molecular flexibility index (Phi) is 8.41. The molecule has 1 aliphatic carbocycles. The molecule has 2 aromatic rings. The van der Waals surface area contributed by atoms with Crippen LogP contribution >= 0.6 is 0 Å². The highest BCUT2D eigenvalue weighted by molar-refractivity contribution is 5.68. The van der Waals surface area contributed by atoms with Crippen molar-refractivity contribution in [2.75, 3.05) is 0 Å². The van der Waals surface area contributed by atoms with Crippen LogP contribution < -0.4 is 0 Å². The first kappa shape index (κ1) is 22.9. The van der Waals surface area contributed by atoms with Crippen LogP contribution in [0.3, 0.4) is 0 Å². The quantitative estimate of drug-likeness (QED) is 0.358. The van der Waals surface area contributed by atoms with Gasteiger partial charge in [0.1, 0.15) is 0 Å². The molecule has 2 aromatic carbocycles. The van der Waals surface area contributed by atoms with Gasteiger partial charge in [0.05, 0.1) is 0 Å². The smallest absolute Gasteiger partial charge is 0.171 e. The van der Waals surface area contributed by atoms with Gasteiger partial charge < -0.3 is 0 Å². The molecule has 0 nitrogen and oxygen atoms in total. The lowest BCUT2D eigenvalue weighted by molar-refractivity contribution is -0.135. The minimum atomic E-state index is -4.04. The zero-order chi connectivity index (χ0) is 21.4. The Morgan fingerprint density at radius 1 is 0.867 bits per heavy atom. The topological polar surface area (TPSA) is 0 Å². The van der Waals surface area contributed by atoms with Crippen LogP contribution in [0.25, 0.3) is 11.1 Å². The van der Waals surface area contributed by atoms with Gasteiger partial charge in [0.25, 0.3) is 0 Å². The third-order valence-corrected chi connectivity index (χ3v) is 6.63. The van der Waals surface area contributed by atoms with E-state index in [9.17, 15) is 13.2 Å². The molecule has 0 aromatic heterocycles. The third kappa shape index (κ3) is 6.89. The molecule has 3 rings (SSSR count). The average molecular weight is 417 g/mol. The lowest BCUT2D eigenvalue weighted by Crippen LogP contribution is -2.14. The van der Waals surface area contributed by atoms with E-state index >= 15 is 0 Å². The molecule has 1 saturated carbocycles. The number of halogens is 3. The molecule has 164 valence electrons. The van der Waals surface area contributed by atoms with Gasteiger partial charge in [-0.1, -0.05) is 74.7 Å². The molecule has 1 fully saturated rings. The van der Waals surface area contributed by atoms with Gasteiger partial charge in [-0.3, -0.25) is 0 Å². The zero-order valence-corrected chi connectivity index (χ0v) is 18.2. The standard InChI is InChI=1S/C27H35F3/c1-2-3-9-21-13-16-24(17-14-21)26-20-22(10-7-8-19-27(28,29)30)15-18-25(26)23-11-5-4-6-12-23/h4-6,11-12,15,18,20-21,24H,2-3,7-10,13-14,16-17,19H2,1H3. The summed E-state index contributed by atoms with van der Waals surface area (Å²) < 4.78 is 37.3. The van der Waals surface area contributed by atoms with Crippen molar-refractivity contribution in [3.05, 3.63) is 59.7 Å². The van der Waals surface area contributed by atoms with Crippen LogP contribution in [0.2, 0.25) is 0 Å². The minimum Gasteiger partial charge on any atom is -0.171 e. The number of alkyl halides is 3. The lowest BCUT2D eigenvalue weighted by atomic mass is 9.75. The van der Waals surface area contributed by atoms with Gasteiger partial charge in [0.15, 0.2) is 0 Å². The van der Waals surface area contributed by atoms with E-state index in [-0.39, 0.29) is 6.42 Å². The van der Waals surface area contributed by atoms with E-state index in [1.807, 2.05) is 6.07 Å². The summed E-state index contributed by atoms with van der Waals surface area (Å²) in [6.45, 7) is 2.26. The first-order valence-electron chi connectivity index (χ1n) is 11.7. The fourth-order valence-electron chi connectivity index (χ4n) is 4.90. The van der Waals surface area contributed by atoms with E-state index in [4.69, 9.17) is 0 Å². The van der Waals surface area contributed by atoms with E-state index in [0.717, 1.165) is 12.3 Å². The fourth-order valence-corrected chi connectivity index (χ4v) is 4.90. The van der Waals surface area contributed by atoms with Crippen LogP contribution in [-0.4, -0.2) is 6.18 Å². The molecule has 0 amide bonds. The Bertz CT molecular complexity index is 755. The van der Waals surface area contributed by atoms with Crippen LogP contribution in [-0.2, 0) is 6.42 Å². The van der Waals surface area contributed by atoms with E-state index < -0.39 is 12.6 Å². The second-order valence-corrected chi connectivity index (χ2v) is 8.97. The molecule has 0 unspecified atom stereocenters. The van der Waals surface area contributed by atoms with Gasteiger partial charge in [0, 0.05) is 6.42 Å². The molecular formula is C27H35F3. The van der Waals surface area contributed by atoms with Crippen molar-refractivity contribution in [3.63, 3.8) is 0 Å². The summed E-state index contributed by atoms with van der Waals surface area (Å²) in [7, 11) is 0. The summed E-state index contributed by atoms with van der Waals surface area (Å²) in [6, 6.07) is 17.1. The highest BCUT2D eigenvalue weighted by Gasteiger charge is 2.26. The van der Waals surface area contributed by atoms with Gasteiger partial charge >= 0.3 is 6.18 Å². The van der Waals surface area contributed by atoms with Crippen molar-refractivity contribution in [1.82, 2.24) is 0 Å². The molecule has 0 atom stereocenters. The fraction of sp³-hybridized carbons (Fsp3) is 0.556. The van der Waals surface area contributed by atoms with E-state index in [2.05, 4.69) is 49.4 Å². The minimum absolute atomic E-state index is 0.210. The highest BCUT2D eigenvalue weighted by Crippen LogP contribution is 2.41. The lowest BCUT2D eigenvalue weighted by Gasteiger charge is -2.30. The average Bonchev–Trinajstić information content (AvgIpc) is 2.75. The summed E-state index contributed by atoms with van der Waals surface area (Å²) in [6.07, 6.45) is 5.82. The molecule has 0 radical (unpaired) electrons.